The predicted molar refractivity (Wildman–Crippen MR) is 145 cm³/mol. The molecule has 0 radical (unpaired) electrons. The van der Waals surface area contributed by atoms with E-state index in [2.05, 4.69) is 37.2 Å². The number of hydrogen-bond acceptors (Lipinski definition) is 4. The van der Waals surface area contributed by atoms with E-state index in [4.69, 9.17) is 4.74 Å². The minimum Gasteiger partial charge on any atom is -0.457 e. The highest BCUT2D eigenvalue weighted by molar-refractivity contribution is 9.10. The summed E-state index contributed by atoms with van der Waals surface area (Å²) in [5, 5.41) is 2.94. The number of carbonyl (C=O) groups excluding carboxylic acids is 2. The number of nitrogens with one attached hydrogen (secondary N) is 1. The normalized spacial score (nSPS) is 13.5. The standard InChI is InChI=1S/C26H25Br2FN4O3/c1-31-11-12-33(16-25(31)34)23-9-5-19(28)14-22(23)30-26(35)32(2)15-17-13-20(29)6-10-24(17)36-21-7-3-18(27)4-8-21/h3-10,13-14H,11-12,15-16H2,1-2H3,(H,30,35). The average Bonchev–Trinajstić information content (AvgIpc) is 2.84. The molecule has 0 bridgehead atoms. The Bertz CT molecular complexity index is 1270. The second-order valence-corrected chi connectivity index (χ2v) is 10.3. The summed E-state index contributed by atoms with van der Waals surface area (Å²) in [6.45, 7) is 1.61. The number of urea groups is 1. The predicted octanol–water partition coefficient (Wildman–Crippen LogP) is 6.09. The Labute approximate surface area is 226 Å². The molecule has 36 heavy (non-hydrogen) atoms. The van der Waals surface area contributed by atoms with E-state index in [1.807, 2.05) is 29.2 Å². The maximum absolute atomic E-state index is 14.1. The molecule has 10 heteroatoms. The fraction of sp³-hybridized carbons (Fsp3) is 0.231. The van der Waals surface area contributed by atoms with E-state index < -0.39 is 5.82 Å². The molecule has 3 amide bonds. The molecule has 0 aliphatic carbocycles. The van der Waals surface area contributed by atoms with Crippen LogP contribution in [-0.2, 0) is 11.3 Å². The summed E-state index contributed by atoms with van der Waals surface area (Å²) < 4.78 is 21.7. The van der Waals surface area contributed by atoms with Gasteiger partial charge < -0.3 is 24.8 Å². The first kappa shape index (κ1) is 26.0. The maximum atomic E-state index is 14.1. The Hall–Kier alpha value is -3.11. The van der Waals surface area contributed by atoms with Crippen LogP contribution in [0.4, 0.5) is 20.6 Å². The molecule has 0 spiro atoms. The zero-order valence-electron chi connectivity index (χ0n) is 19.8. The molecule has 0 unspecified atom stereocenters. The minimum atomic E-state index is -0.420. The van der Waals surface area contributed by atoms with Crippen LogP contribution in [-0.4, -0.2) is 55.5 Å². The number of piperazine rings is 1. The van der Waals surface area contributed by atoms with Crippen molar-refractivity contribution in [1.82, 2.24) is 9.80 Å². The molecule has 3 aromatic rings. The van der Waals surface area contributed by atoms with Gasteiger partial charge in [0.25, 0.3) is 0 Å². The highest BCUT2D eigenvalue weighted by Crippen LogP contribution is 2.32. The highest BCUT2D eigenvalue weighted by atomic mass is 79.9. The average molecular weight is 620 g/mol. The quantitative estimate of drug-likeness (QED) is 0.363. The van der Waals surface area contributed by atoms with Crippen LogP contribution in [0, 0.1) is 5.82 Å². The molecule has 7 nitrogen and oxygen atoms in total. The van der Waals surface area contributed by atoms with Crippen molar-refractivity contribution in [2.24, 2.45) is 0 Å². The Morgan fingerprint density at radius 2 is 1.78 bits per heavy atom. The van der Waals surface area contributed by atoms with E-state index in [0.717, 1.165) is 14.6 Å². The van der Waals surface area contributed by atoms with Crippen LogP contribution in [0.2, 0.25) is 0 Å². The lowest BCUT2D eigenvalue weighted by Crippen LogP contribution is -2.48. The summed E-state index contributed by atoms with van der Waals surface area (Å²) in [6, 6.07) is 16.7. The van der Waals surface area contributed by atoms with E-state index in [9.17, 15) is 14.0 Å². The largest absolute Gasteiger partial charge is 0.457 e. The van der Waals surface area contributed by atoms with Crippen LogP contribution in [0.25, 0.3) is 0 Å². The third-order valence-electron chi connectivity index (χ3n) is 5.82. The first-order valence-electron chi connectivity index (χ1n) is 11.2. The SMILES string of the molecule is CN1CCN(c2ccc(Br)cc2NC(=O)N(C)Cc2cc(F)ccc2Oc2ccc(Br)cc2)CC1=O. The molecule has 1 fully saturated rings. The summed E-state index contributed by atoms with van der Waals surface area (Å²) >= 11 is 6.85. The van der Waals surface area contributed by atoms with Crippen molar-refractivity contribution in [3.63, 3.8) is 0 Å². The summed E-state index contributed by atoms with van der Waals surface area (Å²) in [7, 11) is 3.40. The monoisotopic (exact) mass is 618 g/mol. The molecule has 1 heterocycles. The number of ether oxygens (including phenoxy) is 1. The second kappa shape index (κ2) is 11.3. The summed E-state index contributed by atoms with van der Waals surface area (Å²) in [4.78, 5) is 30.5. The van der Waals surface area contributed by atoms with Gasteiger partial charge in [-0.2, -0.15) is 0 Å². The number of rotatable bonds is 6. The first-order valence-corrected chi connectivity index (χ1v) is 12.8. The number of nitrogens with zero attached hydrogens (tertiary/aromatic N) is 3. The molecule has 188 valence electrons. The number of amides is 3. The van der Waals surface area contributed by atoms with Gasteiger partial charge in [-0.25, -0.2) is 9.18 Å². The van der Waals surface area contributed by atoms with Crippen molar-refractivity contribution < 1.29 is 18.7 Å². The van der Waals surface area contributed by atoms with Gasteiger partial charge in [0.05, 0.1) is 24.5 Å². The highest BCUT2D eigenvalue weighted by Gasteiger charge is 2.24. The molecule has 3 aromatic carbocycles. The lowest BCUT2D eigenvalue weighted by Gasteiger charge is -2.34. The Balaban J connectivity index is 1.50. The Morgan fingerprint density at radius 1 is 1.06 bits per heavy atom. The van der Waals surface area contributed by atoms with Gasteiger partial charge in [0, 0.05) is 41.7 Å². The van der Waals surface area contributed by atoms with E-state index in [1.165, 1.54) is 17.0 Å². The smallest absolute Gasteiger partial charge is 0.321 e. The Morgan fingerprint density at radius 3 is 2.50 bits per heavy atom. The number of carbonyl (C=O) groups is 2. The van der Waals surface area contributed by atoms with Gasteiger partial charge in [0.1, 0.15) is 17.3 Å². The van der Waals surface area contributed by atoms with Crippen LogP contribution in [0.15, 0.2) is 69.6 Å². The maximum Gasteiger partial charge on any atom is 0.321 e. The summed E-state index contributed by atoms with van der Waals surface area (Å²) in [5.41, 5.74) is 1.85. The summed E-state index contributed by atoms with van der Waals surface area (Å²) in [5.74, 6) is 0.648. The van der Waals surface area contributed by atoms with Crippen molar-refractivity contribution in [1.29, 1.82) is 0 Å². The number of hydrogen-bond donors (Lipinski definition) is 1. The van der Waals surface area contributed by atoms with Crippen molar-refractivity contribution in [2.75, 3.05) is 43.9 Å². The van der Waals surface area contributed by atoms with Gasteiger partial charge >= 0.3 is 6.03 Å². The van der Waals surface area contributed by atoms with Crippen LogP contribution >= 0.6 is 31.9 Å². The number of likely N-dealkylation sites (N-methyl/N-ethyl adjacent to an activating group) is 1. The second-order valence-electron chi connectivity index (χ2n) is 8.49. The van der Waals surface area contributed by atoms with E-state index >= 15 is 0 Å². The number of halogens is 3. The molecule has 0 atom stereocenters. The first-order chi connectivity index (χ1) is 17.2. The van der Waals surface area contributed by atoms with Crippen molar-refractivity contribution in [3.05, 3.63) is 81.0 Å². The molecule has 1 N–H and O–H groups in total. The molecule has 0 saturated carbocycles. The topological polar surface area (TPSA) is 65.1 Å². The lowest BCUT2D eigenvalue weighted by molar-refractivity contribution is -0.129. The fourth-order valence-electron chi connectivity index (χ4n) is 3.79. The molecule has 0 aromatic heterocycles. The summed E-state index contributed by atoms with van der Waals surface area (Å²) in [6.07, 6.45) is 0. The number of benzene rings is 3. The van der Waals surface area contributed by atoms with Crippen LogP contribution in [0.3, 0.4) is 0 Å². The van der Waals surface area contributed by atoms with Gasteiger partial charge in [-0.05, 0) is 60.7 Å². The molecule has 1 aliphatic rings. The van der Waals surface area contributed by atoms with E-state index in [0.29, 0.717) is 35.8 Å². The van der Waals surface area contributed by atoms with Crippen molar-refractivity contribution in [2.45, 2.75) is 6.54 Å². The van der Waals surface area contributed by atoms with Gasteiger partial charge in [-0.15, -0.1) is 0 Å². The molecular weight excluding hydrogens is 595 g/mol. The third kappa shape index (κ3) is 6.36. The van der Waals surface area contributed by atoms with Gasteiger partial charge in [0.15, 0.2) is 0 Å². The van der Waals surface area contributed by atoms with Crippen LogP contribution in [0.5, 0.6) is 11.5 Å². The molecule has 1 aliphatic heterocycles. The van der Waals surface area contributed by atoms with Crippen molar-refractivity contribution in [3.8, 4) is 11.5 Å². The minimum absolute atomic E-state index is 0.0166. The molecular formula is C26H25Br2FN4O3. The van der Waals surface area contributed by atoms with Gasteiger partial charge in [-0.3, -0.25) is 4.79 Å². The van der Waals surface area contributed by atoms with Crippen LogP contribution < -0.4 is 15.0 Å². The zero-order chi connectivity index (χ0) is 25.8. The van der Waals surface area contributed by atoms with Gasteiger partial charge in [-0.1, -0.05) is 31.9 Å². The molecule has 1 saturated heterocycles. The Kier molecular flexibility index (Phi) is 8.15. The molecule has 4 rings (SSSR count). The van der Waals surface area contributed by atoms with Crippen LogP contribution in [0.1, 0.15) is 5.56 Å². The lowest BCUT2D eigenvalue weighted by atomic mass is 10.2. The number of anilines is 2. The van der Waals surface area contributed by atoms with E-state index in [1.54, 1.807) is 43.3 Å². The third-order valence-corrected chi connectivity index (χ3v) is 6.84. The fourth-order valence-corrected chi connectivity index (χ4v) is 4.41. The van der Waals surface area contributed by atoms with Gasteiger partial charge in [0.2, 0.25) is 5.91 Å². The van der Waals surface area contributed by atoms with Crippen molar-refractivity contribution >= 4 is 55.2 Å². The van der Waals surface area contributed by atoms with E-state index in [-0.39, 0.29) is 25.0 Å². The zero-order valence-corrected chi connectivity index (χ0v) is 23.0.